The summed E-state index contributed by atoms with van der Waals surface area (Å²) in [5, 5.41) is 7.75. The van der Waals surface area contributed by atoms with Crippen molar-refractivity contribution < 1.29 is 14.3 Å². The number of hydrogen-bond acceptors (Lipinski definition) is 6. The molecule has 0 spiro atoms. The van der Waals surface area contributed by atoms with Crippen molar-refractivity contribution in [2.45, 2.75) is 32.9 Å². The zero-order valence-corrected chi connectivity index (χ0v) is 17.7. The lowest BCUT2D eigenvalue weighted by Crippen LogP contribution is -2.40. The summed E-state index contributed by atoms with van der Waals surface area (Å²) >= 11 is 0. The Morgan fingerprint density at radius 1 is 1.10 bits per heavy atom. The summed E-state index contributed by atoms with van der Waals surface area (Å²) in [7, 11) is 0. The van der Waals surface area contributed by atoms with E-state index in [2.05, 4.69) is 15.3 Å². The maximum Gasteiger partial charge on any atom is 0.410 e. The van der Waals surface area contributed by atoms with Gasteiger partial charge in [-0.15, -0.1) is 5.10 Å². The van der Waals surface area contributed by atoms with Crippen molar-refractivity contribution in [1.82, 2.24) is 24.9 Å². The Labute approximate surface area is 180 Å². The molecule has 0 aliphatic carbocycles. The van der Waals surface area contributed by atoms with Crippen LogP contribution in [0, 0.1) is 0 Å². The highest BCUT2D eigenvalue weighted by atomic mass is 16.6. The second kappa shape index (κ2) is 8.17. The summed E-state index contributed by atoms with van der Waals surface area (Å²) in [5.41, 5.74) is 2.12. The summed E-state index contributed by atoms with van der Waals surface area (Å²) in [6.45, 7) is 6.56. The Hall–Kier alpha value is -3.75. The average molecular weight is 420 g/mol. The fraction of sp³-hybridized carbons (Fsp3) is 0.318. The van der Waals surface area contributed by atoms with Crippen LogP contribution in [0.4, 0.5) is 10.5 Å². The number of hydrogen-bond donors (Lipinski definition) is 0. The van der Waals surface area contributed by atoms with Crippen LogP contribution in [0.3, 0.4) is 0 Å². The molecular formula is C22H24N6O3. The van der Waals surface area contributed by atoms with Crippen LogP contribution in [0.25, 0.3) is 5.69 Å². The van der Waals surface area contributed by atoms with E-state index in [0.29, 0.717) is 30.9 Å². The molecule has 0 unspecified atom stereocenters. The first-order chi connectivity index (χ1) is 14.8. The maximum atomic E-state index is 13.4. The van der Waals surface area contributed by atoms with Crippen LogP contribution in [0.15, 0.2) is 55.1 Å². The molecule has 0 N–H and O–H groups in total. The predicted octanol–water partition coefficient (Wildman–Crippen LogP) is 3.06. The maximum absolute atomic E-state index is 13.4. The smallest absolute Gasteiger partial charge is 0.410 e. The number of benzene rings is 1. The molecule has 2 aromatic heterocycles. The number of aromatic nitrogens is 4. The monoisotopic (exact) mass is 420 g/mol. The lowest BCUT2D eigenvalue weighted by atomic mass is 10.1. The molecular weight excluding hydrogens is 396 g/mol. The van der Waals surface area contributed by atoms with E-state index < -0.39 is 11.7 Å². The largest absolute Gasteiger partial charge is 0.444 e. The lowest BCUT2D eigenvalue weighted by Gasteiger charge is -2.26. The average Bonchev–Trinajstić information content (AvgIpc) is 3.20. The van der Waals surface area contributed by atoms with E-state index in [1.54, 1.807) is 39.1 Å². The zero-order valence-electron chi connectivity index (χ0n) is 17.7. The third kappa shape index (κ3) is 4.55. The first-order valence-corrected chi connectivity index (χ1v) is 10.0. The van der Waals surface area contributed by atoms with Gasteiger partial charge in [-0.25, -0.2) is 9.48 Å². The molecule has 0 saturated carbocycles. The zero-order chi connectivity index (χ0) is 22.0. The molecule has 31 heavy (non-hydrogen) atoms. The second-order valence-electron chi connectivity index (χ2n) is 8.27. The molecule has 1 aromatic carbocycles. The molecule has 3 aromatic rings. The summed E-state index contributed by atoms with van der Waals surface area (Å²) in [4.78, 5) is 33.6. The first kappa shape index (κ1) is 20.5. The number of fused-ring (bicyclic) bond motifs is 1. The van der Waals surface area contributed by atoms with E-state index >= 15 is 0 Å². The van der Waals surface area contributed by atoms with Crippen LogP contribution in [-0.4, -0.2) is 55.6 Å². The highest BCUT2D eigenvalue weighted by Gasteiger charge is 2.29. The summed E-state index contributed by atoms with van der Waals surface area (Å²) < 4.78 is 7.09. The van der Waals surface area contributed by atoms with Crippen molar-refractivity contribution in [3.05, 3.63) is 66.2 Å². The molecule has 160 valence electrons. The van der Waals surface area contributed by atoms with Gasteiger partial charge >= 0.3 is 6.09 Å². The molecule has 0 atom stereocenters. The highest BCUT2D eigenvalue weighted by Crippen LogP contribution is 2.27. The fourth-order valence-electron chi connectivity index (χ4n) is 3.40. The van der Waals surface area contributed by atoms with E-state index in [4.69, 9.17) is 4.74 Å². The Morgan fingerprint density at radius 3 is 2.65 bits per heavy atom. The van der Waals surface area contributed by atoms with Crippen molar-refractivity contribution in [3.8, 4) is 5.69 Å². The fourth-order valence-corrected chi connectivity index (χ4v) is 3.40. The quantitative estimate of drug-likeness (QED) is 0.633. The van der Waals surface area contributed by atoms with Gasteiger partial charge in [-0.3, -0.25) is 9.78 Å². The van der Waals surface area contributed by atoms with Crippen LogP contribution >= 0.6 is 0 Å². The van der Waals surface area contributed by atoms with E-state index in [-0.39, 0.29) is 5.91 Å². The minimum atomic E-state index is -0.591. The lowest BCUT2D eigenvalue weighted by molar-refractivity contribution is 0.0242. The Bertz CT molecular complexity index is 1090. The number of rotatable bonds is 2. The summed E-state index contributed by atoms with van der Waals surface area (Å²) in [6, 6.07) is 9.31. The molecule has 0 radical (unpaired) electrons. The van der Waals surface area contributed by atoms with E-state index in [1.807, 2.05) is 45.0 Å². The van der Waals surface area contributed by atoms with Crippen LogP contribution in [-0.2, 0) is 11.3 Å². The van der Waals surface area contributed by atoms with Crippen LogP contribution < -0.4 is 4.90 Å². The van der Waals surface area contributed by atoms with Gasteiger partial charge in [0.25, 0.3) is 5.91 Å². The Kier molecular flexibility index (Phi) is 5.41. The van der Waals surface area contributed by atoms with Gasteiger partial charge in [-0.2, -0.15) is 0 Å². The molecule has 1 aliphatic heterocycles. The van der Waals surface area contributed by atoms with Gasteiger partial charge in [-0.1, -0.05) is 23.4 Å². The molecule has 9 heteroatoms. The third-order valence-electron chi connectivity index (χ3n) is 4.79. The van der Waals surface area contributed by atoms with Gasteiger partial charge < -0.3 is 14.5 Å². The summed E-state index contributed by atoms with van der Waals surface area (Å²) in [5.74, 6) is -0.201. The van der Waals surface area contributed by atoms with Crippen LogP contribution in [0.1, 0.15) is 36.7 Å². The predicted molar refractivity (Wildman–Crippen MR) is 114 cm³/mol. The van der Waals surface area contributed by atoms with Crippen molar-refractivity contribution in [2.75, 3.05) is 18.0 Å². The minimum absolute atomic E-state index is 0.201. The first-order valence-electron chi connectivity index (χ1n) is 10.0. The number of anilines is 1. The van der Waals surface area contributed by atoms with Gasteiger partial charge in [0.15, 0.2) is 0 Å². The highest BCUT2D eigenvalue weighted by molar-refractivity contribution is 6.06. The molecule has 0 fully saturated rings. The molecule has 9 nitrogen and oxygen atoms in total. The van der Waals surface area contributed by atoms with E-state index in [1.165, 1.54) is 6.20 Å². The minimum Gasteiger partial charge on any atom is -0.444 e. The van der Waals surface area contributed by atoms with Gasteiger partial charge in [0, 0.05) is 25.0 Å². The molecule has 3 heterocycles. The second-order valence-corrected chi connectivity index (χ2v) is 8.27. The van der Waals surface area contributed by atoms with Crippen molar-refractivity contribution in [2.24, 2.45) is 0 Å². The Balaban J connectivity index is 1.63. The van der Waals surface area contributed by atoms with Gasteiger partial charge in [-0.05, 0) is 38.5 Å². The number of para-hydroxylation sites is 1. The van der Waals surface area contributed by atoms with E-state index in [9.17, 15) is 9.59 Å². The number of carbonyl (C=O) groups excluding carboxylic acids is 2. The number of pyridine rings is 1. The van der Waals surface area contributed by atoms with E-state index in [0.717, 1.165) is 11.3 Å². The Morgan fingerprint density at radius 2 is 1.90 bits per heavy atom. The number of carbonyl (C=O) groups is 2. The summed E-state index contributed by atoms with van der Waals surface area (Å²) in [6.07, 6.45) is 6.00. The van der Waals surface area contributed by atoms with Crippen LogP contribution in [0.2, 0.25) is 0 Å². The number of nitrogens with zero attached hydrogens (tertiary/aromatic N) is 6. The topological polar surface area (TPSA) is 93.5 Å². The molecule has 2 amide bonds. The SMILES string of the molecule is CC(C)(C)OC(=O)N1CCN(C(=O)c2cncc(-n3ccnn3)c2)c2ccccc2C1. The molecule has 0 saturated heterocycles. The molecule has 4 rings (SSSR count). The van der Waals surface area contributed by atoms with Crippen molar-refractivity contribution in [3.63, 3.8) is 0 Å². The van der Waals surface area contributed by atoms with Gasteiger partial charge in [0.05, 0.1) is 36.4 Å². The number of ether oxygens (including phenoxy) is 1. The third-order valence-corrected chi connectivity index (χ3v) is 4.79. The van der Waals surface area contributed by atoms with Crippen molar-refractivity contribution >= 4 is 17.7 Å². The standard InChI is InChI=1S/C22H24N6O3/c1-22(2,3)31-21(30)26-10-11-27(19-7-5-4-6-16(19)15-26)20(29)17-12-18(14-23-13-17)28-9-8-24-25-28/h4-9,12-14H,10-11,15H2,1-3H3. The van der Waals surface area contributed by atoms with Crippen molar-refractivity contribution in [1.29, 1.82) is 0 Å². The normalized spacial score (nSPS) is 14.0. The van der Waals surface area contributed by atoms with Crippen LogP contribution in [0.5, 0.6) is 0 Å². The molecule has 0 bridgehead atoms. The molecule has 1 aliphatic rings. The van der Waals surface area contributed by atoms with Gasteiger partial charge in [0.2, 0.25) is 0 Å². The number of amides is 2. The van der Waals surface area contributed by atoms with Gasteiger partial charge in [0.1, 0.15) is 5.60 Å².